The van der Waals surface area contributed by atoms with Gasteiger partial charge in [-0.15, -0.1) is 0 Å². The Morgan fingerprint density at radius 3 is 2.39 bits per heavy atom. The van der Waals surface area contributed by atoms with Crippen molar-refractivity contribution >= 4 is 5.91 Å². The van der Waals surface area contributed by atoms with Gasteiger partial charge in [0.15, 0.2) is 12.4 Å². The summed E-state index contributed by atoms with van der Waals surface area (Å²) in [4.78, 5) is 11.8. The molecule has 4 nitrogen and oxygen atoms in total. The number of hydrogen-bond acceptors (Lipinski definition) is 2. The zero-order valence-electron chi connectivity index (χ0n) is 10.1. The predicted molar refractivity (Wildman–Crippen MR) is 67.8 cm³/mol. The Labute approximate surface area is 105 Å². The number of carbonyl (C=O) groups excluding carboxylic acids is 1. The normalized spacial score (nSPS) is 10.1. The van der Waals surface area contributed by atoms with E-state index in [1.807, 2.05) is 31.2 Å². The number of carbonyl (C=O) groups is 1. The van der Waals surface area contributed by atoms with Gasteiger partial charge in [0.25, 0.3) is 5.91 Å². The summed E-state index contributed by atoms with van der Waals surface area (Å²) in [7, 11) is 0. The molecule has 0 saturated carbocycles. The highest BCUT2D eigenvalue weighted by Gasteiger charge is 2.05. The van der Waals surface area contributed by atoms with Crippen LogP contribution in [0.3, 0.4) is 0 Å². The molecule has 0 aliphatic carbocycles. The molecule has 1 aromatic heterocycles. The van der Waals surface area contributed by atoms with Gasteiger partial charge in [0.2, 0.25) is 0 Å². The van der Waals surface area contributed by atoms with Crippen LogP contribution in [0.2, 0.25) is 0 Å². The molecule has 4 heteroatoms. The Balaban J connectivity index is 1.96. The van der Waals surface area contributed by atoms with Crippen molar-refractivity contribution in [1.82, 2.24) is 5.32 Å². The molecule has 0 spiro atoms. The van der Waals surface area contributed by atoms with Gasteiger partial charge in [0, 0.05) is 18.7 Å². The number of pyridine rings is 1. The van der Waals surface area contributed by atoms with Crippen molar-refractivity contribution in [3.8, 4) is 0 Å². The predicted octanol–water partition coefficient (Wildman–Crippen LogP) is 1.56. The third-order valence-corrected chi connectivity index (χ3v) is 2.64. The Morgan fingerprint density at radius 1 is 1.17 bits per heavy atom. The molecule has 2 aromatic rings. The van der Waals surface area contributed by atoms with Crippen molar-refractivity contribution in [2.45, 2.75) is 13.5 Å². The lowest BCUT2D eigenvalue weighted by atomic mass is 10.1. The number of hydrogen-bond donors (Lipinski definition) is 1. The van der Waals surface area contributed by atoms with Crippen molar-refractivity contribution in [3.63, 3.8) is 0 Å². The molecular formula is C14H14N2O2. The van der Waals surface area contributed by atoms with Crippen LogP contribution in [0, 0.1) is 12.1 Å². The molecule has 0 bridgehead atoms. The summed E-state index contributed by atoms with van der Waals surface area (Å²) in [6.07, 6.45) is 2.61. The monoisotopic (exact) mass is 242 g/mol. The molecule has 1 aromatic carbocycles. The number of aromatic nitrogens is 1. The molecule has 0 saturated heterocycles. The molecule has 1 heterocycles. The summed E-state index contributed by atoms with van der Waals surface area (Å²) >= 11 is 0. The minimum atomic E-state index is -0.184. The van der Waals surface area contributed by atoms with Crippen molar-refractivity contribution in [2.24, 2.45) is 0 Å². The molecule has 1 N–H and O–H groups in total. The second kappa shape index (κ2) is 5.31. The minimum Gasteiger partial charge on any atom is -0.619 e. The van der Waals surface area contributed by atoms with E-state index in [1.165, 1.54) is 30.1 Å². The fourth-order valence-corrected chi connectivity index (χ4v) is 1.55. The van der Waals surface area contributed by atoms with Crippen molar-refractivity contribution in [2.75, 3.05) is 0 Å². The number of amides is 1. The molecule has 0 unspecified atom stereocenters. The van der Waals surface area contributed by atoms with E-state index in [-0.39, 0.29) is 5.91 Å². The summed E-state index contributed by atoms with van der Waals surface area (Å²) in [6.45, 7) is 2.50. The Kier molecular flexibility index (Phi) is 3.57. The molecular weight excluding hydrogens is 228 g/mol. The van der Waals surface area contributed by atoms with Crippen LogP contribution in [-0.2, 0) is 6.54 Å². The van der Waals surface area contributed by atoms with Crippen molar-refractivity contribution in [3.05, 3.63) is 70.7 Å². The molecule has 0 aliphatic rings. The summed E-state index contributed by atoms with van der Waals surface area (Å²) in [5.74, 6) is -0.184. The first-order chi connectivity index (χ1) is 8.65. The van der Waals surface area contributed by atoms with E-state index in [0.717, 1.165) is 5.56 Å². The van der Waals surface area contributed by atoms with Crippen molar-refractivity contribution in [1.29, 1.82) is 0 Å². The topological polar surface area (TPSA) is 56.0 Å². The second-order valence-corrected chi connectivity index (χ2v) is 4.11. The molecule has 0 radical (unpaired) electrons. The first kappa shape index (κ1) is 12.1. The highest BCUT2D eigenvalue weighted by Crippen LogP contribution is 2.03. The molecule has 1 amide bonds. The zero-order valence-corrected chi connectivity index (χ0v) is 10.1. The minimum absolute atomic E-state index is 0.184. The van der Waals surface area contributed by atoms with E-state index in [4.69, 9.17) is 0 Å². The lowest BCUT2D eigenvalue weighted by molar-refractivity contribution is -0.605. The van der Waals surface area contributed by atoms with Crippen LogP contribution in [0.4, 0.5) is 0 Å². The first-order valence-electron chi connectivity index (χ1n) is 5.68. The number of aryl methyl sites for hydroxylation is 1. The maximum atomic E-state index is 11.8. The van der Waals surface area contributed by atoms with E-state index in [9.17, 15) is 10.0 Å². The highest BCUT2D eigenvalue weighted by atomic mass is 16.5. The van der Waals surface area contributed by atoms with Gasteiger partial charge in [-0.3, -0.25) is 4.79 Å². The van der Waals surface area contributed by atoms with E-state index in [2.05, 4.69) is 5.32 Å². The Morgan fingerprint density at radius 2 is 1.78 bits per heavy atom. The van der Waals surface area contributed by atoms with Gasteiger partial charge in [-0.25, -0.2) is 0 Å². The van der Waals surface area contributed by atoms with Crippen LogP contribution in [0.1, 0.15) is 21.5 Å². The summed E-state index contributed by atoms with van der Waals surface area (Å²) in [5.41, 5.74) is 2.71. The molecule has 0 aliphatic heterocycles. The average Bonchev–Trinajstić information content (AvgIpc) is 2.38. The Hall–Kier alpha value is -2.36. The maximum absolute atomic E-state index is 11.8. The van der Waals surface area contributed by atoms with Gasteiger partial charge in [0.1, 0.15) is 0 Å². The lowest BCUT2D eigenvalue weighted by Crippen LogP contribution is -2.27. The number of benzene rings is 1. The fourth-order valence-electron chi connectivity index (χ4n) is 1.55. The summed E-state index contributed by atoms with van der Waals surface area (Å²) in [5, 5.41) is 13.6. The molecule has 2 rings (SSSR count). The number of rotatable bonds is 3. The van der Waals surface area contributed by atoms with Crippen LogP contribution in [0.25, 0.3) is 0 Å². The molecule has 92 valence electrons. The quantitative estimate of drug-likeness (QED) is 0.656. The average molecular weight is 242 g/mol. The lowest BCUT2D eigenvalue weighted by Gasteiger charge is -2.05. The van der Waals surface area contributed by atoms with E-state index < -0.39 is 0 Å². The highest BCUT2D eigenvalue weighted by molar-refractivity contribution is 5.93. The second-order valence-electron chi connectivity index (χ2n) is 4.11. The summed E-state index contributed by atoms with van der Waals surface area (Å²) in [6, 6.07) is 11.0. The van der Waals surface area contributed by atoms with Gasteiger partial charge in [-0.2, -0.15) is 4.73 Å². The maximum Gasteiger partial charge on any atom is 0.252 e. The van der Waals surface area contributed by atoms with Gasteiger partial charge in [0.05, 0.1) is 5.56 Å². The van der Waals surface area contributed by atoms with Crippen LogP contribution >= 0.6 is 0 Å². The standard InChI is InChI=1S/C14H14N2O2/c1-11-2-4-12(5-3-11)10-15-14(17)13-6-8-16(18)9-7-13/h2-9H,10H2,1H3,(H,15,17). The largest absolute Gasteiger partial charge is 0.619 e. The molecule has 0 fully saturated rings. The molecule has 0 atom stereocenters. The smallest absolute Gasteiger partial charge is 0.252 e. The van der Waals surface area contributed by atoms with Crippen LogP contribution < -0.4 is 10.0 Å². The SMILES string of the molecule is Cc1ccc(CNC(=O)c2cc[n+]([O-])cc2)cc1. The third-order valence-electron chi connectivity index (χ3n) is 2.64. The van der Waals surface area contributed by atoms with Gasteiger partial charge in [-0.1, -0.05) is 29.8 Å². The van der Waals surface area contributed by atoms with Gasteiger partial charge >= 0.3 is 0 Å². The van der Waals surface area contributed by atoms with E-state index in [1.54, 1.807) is 0 Å². The first-order valence-corrected chi connectivity index (χ1v) is 5.68. The van der Waals surface area contributed by atoms with Gasteiger partial charge in [-0.05, 0) is 12.5 Å². The number of nitrogens with one attached hydrogen (secondary N) is 1. The van der Waals surface area contributed by atoms with E-state index >= 15 is 0 Å². The third kappa shape index (κ3) is 3.07. The van der Waals surface area contributed by atoms with E-state index in [0.29, 0.717) is 16.8 Å². The fraction of sp³-hybridized carbons (Fsp3) is 0.143. The number of nitrogens with zero attached hydrogens (tertiary/aromatic N) is 1. The van der Waals surface area contributed by atoms with Crippen LogP contribution in [-0.4, -0.2) is 5.91 Å². The zero-order chi connectivity index (χ0) is 13.0. The van der Waals surface area contributed by atoms with Gasteiger partial charge < -0.3 is 10.5 Å². The Bertz CT molecular complexity index is 533. The molecule has 18 heavy (non-hydrogen) atoms. The van der Waals surface area contributed by atoms with Crippen LogP contribution in [0.5, 0.6) is 0 Å². The van der Waals surface area contributed by atoms with Crippen LogP contribution in [0.15, 0.2) is 48.8 Å². The summed E-state index contributed by atoms with van der Waals surface area (Å²) < 4.78 is 0.650. The van der Waals surface area contributed by atoms with Crippen molar-refractivity contribution < 1.29 is 9.52 Å².